The molecule has 26 heavy (non-hydrogen) atoms. The van der Waals surface area contributed by atoms with E-state index in [0.29, 0.717) is 17.4 Å². The van der Waals surface area contributed by atoms with E-state index in [4.69, 9.17) is 4.74 Å². The molecule has 1 amide bonds. The van der Waals surface area contributed by atoms with Gasteiger partial charge < -0.3 is 10.1 Å². The monoisotopic (exact) mass is 444 g/mol. The van der Waals surface area contributed by atoms with Crippen LogP contribution in [0.4, 0.5) is 4.39 Å². The smallest absolute Gasteiger partial charge is 0.251 e. The van der Waals surface area contributed by atoms with Gasteiger partial charge in [-0.25, -0.2) is 17.5 Å². The van der Waals surface area contributed by atoms with Crippen LogP contribution >= 0.6 is 15.9 Å². The van der Waals surface area contributed by atoms with Crippen molar-refractivity contribution in [2.45, 2.75) is 11.3 Å². The van der Waals surface area contributed by atoms with Crippen molar-refractivity contribution in [3.05, 3.63) is 57.8 Å². The van der Waals surface area contributed by atoms with Gasteiger partial charge in [-0.1, -0.05) is 6.07 Å². The molecule has 0 spiro atoms. The third-order valence-corrected chi connectivity index (χ3v) is 5.71. The summed E-state index contributed by atoms with van der Waals surface area (Å²) in [6, 6.07) is 8.80. The average molecular weight is 445 g/mol. The molecule has 2 aromatic rings. The molecule has 2 N–H and O–H groups in total. The van der Waals surface area contributed by atoms with Crippen LogP contribution in [0, 0.1) is 5.82 Å². The van der Waals surface area contributed by atoms with Gasteiger partial charge in [0.05, 0.1) is 11.6 Å². The number of rotatable bonds is 7. The molecule has 140 valence electrons. The minimum atomic E-state index is -3.77. The lowest BCUT2D eigenvalue weighted by atomic mass is 10.1. The fourth-order valence-corrected chi connectivity index (χ4v) is 3.60. The summed E-state index contributed by atoms with van der Waals surface area (Å²) in [5, 5.41) is 2.71. The van der Waals surface area contributed by atoms with Crippen LogP contribution < -0.4 is 14.8 Å². The second-order valence-electron chi connectivity index (χ2n) is 5.33. The molecule has 2 aromatic carbocycles. The lowest BCUT2D eigenvalue weighted by Crippen LogP contribution is -2.26. The van der Waals surface area contributed by atoms with Gasteiger partial charge in [0.25, 0.3) is 5.91 Å². The summed E-state index contributed by atoms with van der Waals surface area (Å²) in [5.41, 5.74) is 1.05. The van der Waals surface area contributed by atoms with Crippen molar-refractivity contribution < 1.29 is 22.3 Å². The highest BCUT2D eigenvalue weighted by molar-refractivity contribution is 9.10. The lowest BCUT2D eigenvalue weighted by Gasteiger charge is -2.11. The number of methoxy groups -OCH3 is 1. The standard InChI is InChI=1S/C17H18BrFN2O4S/c1-20-26(23,24)16-10-12(4-6-15(16)25-2)17(22)21-8-7-11-3-5-14(19)13(18)9-11/h3-6,9-10,20H,7-8H2,1-2H3,(H,21,22). The van der Waals surface area contributed by atoms with Gasteiger partial charge in [0.1, 0.15) is 16.5 Å². The number of halogens is 2. The Hall–Kier alpha value is -1.97. The van der Waals surface area contributed by atoms with E-state index in [1.54, 1.807) is 12.1 Å². The Morgan fingerprint density at radius 3 is 2.58 bits per heavy atom. The molecule has 2 rings (SSSR count). The van der Waals surface area contributed by atoms with E-state index in [1.165, 1.54) is 38.4 Å². The molecule has 0 heterocycles. The Morgan fingerprint density at radius 1 is 1.23 bits per heavy atom. The molecule has 0 bridgehead atoms. The van der Waals surface area contributed by atoms with Crippen LogP contribution in [0.1, 0.15) is 15.9 Å². The van der Waals surface area contributed by atoms with Crippen LogP contribution in [0.3, 0.4) is 0 Å². The van der Waals surface area contributed by atoms with Gasteiger partial charge in [-0.05, 0) is 65.3 Å². The molecule has 0 saturated heterocycles. The molecule has 0 aliphatic heterocycles. The highest BCUT2D eigenvalue weighted by atomic mass is 79.9. The Morgan fingerprint density at radius 2 is 1.96 bits per heavy atom. The Balaban J connectivity index is 2.09. The number of ether oxygens (including phenoxy) is 1. The minimum absolute atomic E-state index is 0.113. The van der Waals surface area contributed by atoms with E-state index in [1.807, 2.05) is 0 Å². The van der Waals surface area contributed by atoms with Crippen molar-refractivity contribution in [2.24, 2.45) is 0 Å². The van der Waals surface area contributed by atoms with Crippen molar-refractivity contribution in [2.75, 3.05) is 20.7 Å². The minimum Gasteiger partial charge on any atom is -0.495 e. The van der Waals surface area contributed by atoms with Gasteiger partial charge in [0.15, 0.2) is 0 Å². The maximum absolute atomic E-state index is 13.2. The first-order chi connectivity index (χ1) is 12.3. The first kappa shape index (κ1) is 20.3. The SMILES string of the molecule is CNS(=O)(=O)c1cc(C(=O)NCCc2ccc(F)c(Br)c2)ccc1OC. The van der Waals surface area contributed by atoms with Crippen LogP contribution in [-0.2, 0) is 16.4 Å². The second kappa shape index (κ2) is 8.61. The number of nitrogens with one attached hydrogen (secondary N) is 2. The first-order valence-electron chi connectivity index (χ1n) is 7.62. The third kappa shape index (κ3) is 4.80. The van der Waals surface area contributed by atoms with Crippen molar-refractivity contribution >= 4 is 31.9 Å². The summed E-state index contributed by atoms with van der Waals surface area (Å²) in [7, 11) is -1.13. The van der Waals surface area contributed by atoms with E-state index in [9.17, 15) is 17.6 Å². The molecule has 0 aliphatic carbocycles. The molecule has 0 saturated carbocycles. The number of hydrogen-bond donors (Lipinski definition) is 2. The zero-order valence-electron chi connectivity index (χ0n) is 14.2. The highest BCUT2D eigenvalue weighted by Gasteiger charge is 2.20. The second-order valence-corrected chi connectivity index (χ2v) is 8.04. The van der Waals surface area contributed by atoms with Crippen molar-refractivity contribution in [1.29, 1.82) is 0 Å². The molecule has 0 unspecified atom stereocenters. The molecule has 9 heteroatoms. The van der Waals surface area contributed by atoms with Crippen LogP contribution in [-0.4, -0.2) is 35.0 Å². The van der Waals surface area contributed by atoms with Gasteiger partial charge in [0.2, 0.25) is 10.0 Å². The van der Waals surface area contributed by atoms with E-state index in [0.717, 1.165) is 5.56 Å². The Bertz CT molecular complexity index is 919. The van der Waals surface area contributed by atoms with Gasteiger partial charge >= 0.3 is 0 Å². The van der Waals surface area contributed by atoms with Gasteiger partial charge in [-0.2, -0.15) is 0 Å². The summed E-state index contributed by atoms with van der Waals surface area (Å²) >= 11 is 3.11. The average Bonchev–Trinajstić information content (AvgIpc) is 2.64. The van der Waals surface area contributed by atoms with Gasteiger partial charge in [-0.15, -0.1) is 0 Å². The zero-order chi connectivity index (χ0) is 19.3. The predicted octanol–water partition coefficient (Wildman–Crippen LogP) is 2.48. The largest absolute Gasteiger partial charge is 0.495 e. The van der Waals surface area contributed by atoms with E-state index in [-0.39, 0.29) is 22.0 Å². The number of hydrogen-bond acceptors (Lipinski definition) is 4. The molecule has 0 aliphatic rings. The normalized spacial score (nSPS) is 11.2. The maximum atomic E-state index is 13.2. The molecular weight excluding hydrogens is 427 g/mol. The van der Waals surface area contributed by atoms with Crippen molar-refractivity contribution in [3.8, 4) is 5.75 Å². The number of carbonyl (C=O) groups is 1. The van der Waals surface area contributed by atoms with Crippen LogP contribution in [0.2, 0.25) is 0 Å². The summed E-state index contributed by atoms with van der Waals surface area (Å²) in [6.45, 7) is 0.317. The summed E-state index contributed by atoms with van der Waals surface area (Å²) in [4.78, 5) is 12.2. The molecule has 0 atom stereocenters. The number of amides is 1. The number of carbonyl (C=O) groups excluding carboxylic acids is 1. The number of benzene rings is 2. The fraction of sp³-hybridized carbons (Fsp3) is 0.235. The number of sulfonamides is 1. The summed E-state index contributed by atoms with van der Waals surface area (Å²) < 4.78 is 44.9. The third-order valence-electron chi connectivity index (χ3n) is 3.67. The summed E-state index contributed by atoms with van der Waals surface area (Å²) in [5.74, 6) is -0.622. The van der Waals surface area contributed by atoms with Crippen molar-refractivity contribution in [1.82, 2.24) is 10.0 Å². The topological polar surface area (TPSA) is 84.5 Å². The Labute approximate surface area is 159 Å². The van der Waals surface area contributed by atoms with Gasteiger partial charge in [0, 0.05) is 12.1 Å². The van der Waals surface area contributed by atoms with Gasteiger partial charge in [-0.3, -0.25) is 4.79 Å². The van der Waals surface area contributed by atoms with Crippen molar-refractivity contribution in [3.63, 3.8) is 0 Å². The maximum Gasteiger partial charge on any atom is 0.251 e. The molecule has 0 fully saturated rings. The highest BCUT2D eigenvalue weighted by Crippen LogP contribution is 2.24. The fourth-order valence-electron chi connectivity index (χ4n) is 2.26. The quantitative estimate of drug-likeness (QED) is 0.686. The van der Waals surface area contributed by atoms with E-state index >= 15 is 0 Å². The van der Waals surface area contributed by atoms with Crippen LogP contribution in [0.15, 0.2) is 45.8 Å². The molecule has 0 radical (unpaired) electrons. The first-order valence-corrected chi connectivity index (χ1v) is 9.90. The Kier molecular flexibility index (Phi) is 6.74. The predicted molar refractivity (Wildman–Crippen MR) is 99.4 cm³/mol. The molecule has 0 aromatic heterocycles. The zero-order valence-corrected chi connectivity index (χ0v) is 16.6. The van der Waals surface area contributed by atoms with Crippen LogP contribution in [0.25, 0.3) is 0 Å². The molecule has 6 nitrogen and oxygen atoms in total. The lowest BCUT2D eigenvalue weighted by molar-refractivity contribution is 0.0954. The molecular formula is C17H18BrFN2O4S. The summed E-state index contributed by atoms with van der Waals surface area (Å²) in [6.07, 6.45) is 0.502. The van der Waals surface area contributed by atoms with E-state index in [2.05, 4.69) is 26.0 Å². The van der Waals surface area contributed by atoms with Crippen LogP contribution in [0.5, 0.6) is 5.75 Å². The van der Waals surface area contributed by atoms with E-state index < -0.39 is 15.9 Å².